The van der Waals surface area contributed by atoms with Crippen LogP contribution in [-0.4, -0.2) is 35.3 Å². The second-order valence-electron chi connectivity index (χ2n) is 7.35. The maximum Gasteiger partial charge on any atom is 0.260 e. The van der Waals surface area contributed by atoms with Crippen molar-refractivity contribution in [1.82, 2.24) is 14.9 Å². The molecule has 158 valence electrons. The third-order valence-electron chi connectivity index (χ3n) is 4.68. The zero-order valence-electron chi connectivity index (χ0n) is 17.8. The molecule has 0 bridgehead atoms. The summed E-state index contributed by atoms with van der Waals surface area (Å²) in [4.78, 5) is 29.9. The number of carbonyl (C=O) groups excluding carboxylic acids is 1. The lowest BCUT2D eigenvalue weighted by molar-refractivity contribution is 0.0950. The van der Waals surface area contributed by atoms with E-state index in [1.165, 1.54) is 0 Å². The van der Waals surface area contributed by atoms with Crippen LogP contribution in [-0.2, 0) is 17.8 Å². The van der Waals surface area contributed by atoms with Crippen LogP contribution < -0.4 is 15.6 Å². The fraction of sp³-hybridized carbons (Fsp3) is 0.348. The first-order valence-electron chi connectivity index (χ1n) is 9.92. The van der Waals surface area contributed by atoms with E-state index in [4.69, 9.17) is 9.47 Å². The van der Waals surface area contributed by atoms with Gasteiger partial charge in [-0.15, -0.1) is 0 Å². The maximum atomic E-state index is 12.8. The number of amides is 1. The van der Waals surface area contributed by atoms with Gasteiger partial charge in [-0.1, -0.05) is 12.1 Å². The van der Waals surface area contributed by atoms with Crippen LogP contribution in [0.25, 0.3) is 10.9 Å². The number of hydrogen-bond donors (Lipinski definition) is 1. The Bertz CT molecular complexity index is 1090. The average Bonchev–Trinajstić information content (AvgIpc) is 2.72. The number of aromatic nitrogens is 2. The van der Waals surface area contributed by atoms with Gasteiger partial charge in [0.05, 0.1) is 34.9 Å². The van der Waals surface area contributed by atoms with E-state index in [-0.39, 0.29) is 17.6 Å². The van der Waals surface area contributed by atoms with E-state index in [0.717, 1.165) is 11.3 Å². The van der Waals surface area contributed by atoms with Crippen molar-refractivity contribution in [2.75, 3.05) is 13.7 Å². The van der Waals surface area contributed by atoms with Crippen molar-refractivity contribution in [3.05, 3.63) is 69.8 Å². The lowest BCUT2D eigenvalue weighted by Gasteiger charge is -2.12. The highest BCUT2D eigenvalue weighted by molar-refractivity contribution is 5.98. The SMILES string of the molecule is COCCn1ccc2nc(C)c(C(=O)NCc3ccc(OC(C)C)cc3)cc2c1=O. The summed E-state index contributed by atoms with van der Waals surface area (Å²) in [6.07, 6.45) is 1.81. The molecule has 3 aromatic rings. The highest BCUT2D eigenvalue weighted by Crippen LogP contribution is 2.16. The van der Waals surface area contributed by atoms with Crippen LogP contribution in [0, 0.1) is 6.92 Å². The minimum Gasteiger partial charge on any atom is -0.491 e. The van der Waals surface area contributed by atoms with Crippen molar-refractivity contribution < 1.29 is 14.3 Å². The predicted octanol–water partition coefficient (Wildman–Crippen LogP) is 3.07. The number of nitrogens with zero attached hydrogens (tertiary/aromatic N) is 2. The summed E-state index contributed by atoms with van der Waals surface area (Å²) in [7, 11) is 1.59. The molecule has 1 N–H and O–H groups in total. The summed E-state index contributed by atoms with van der Waals surface area (Å²) in [5.74, 6) is 0.524. The van der Waals surface area contributed by atoms with Crippen molar-refractivity contribution >= 4 is 16.8 Å². The molecule has 0 saturated heterocycles. The summed E-state index contributed by atoms with van der Waals surface area (Å²) in [5, 5.41) is 3.32. The van der Waals surface area contributed by atoms with Gasteiger partial charge in [0.1, 0.15) is 5.75 Å². The first kappa shape index (κ1) is 21.5. The molecular weight excluding hydrogens is 382 g/mol. The molecule has 0 fully saturated rings. The minimum atomic E-state index is -0.267. The summed E-state index contributed by atoms with van der Waals surface area (Å²) < 4.78 is 12.2. The molecule has 0 spiro atoms. The minimum absolute atomic E-state index is 0.109. The van der Waals surface area contributed by atoms with Crippen molar-refractivity contribution in [3.8, 4) is 5.75 Å². The van der Waals surface area contributed by atoms with Gasteiger partial charge in [0, 0.05) is 26.4 Å². The fourth-order valence-electron chi connectivity index (χ4n) is 3.14. The van der Waals surface area contributed by atoms with E-state index in [2.05, 4.69) is 10.3 Å². The van der Waals surface area contributed by atoms with Gasteiger partial charge in [-0.2, -0.15) is 0 Å². The van der Waals surface area contributed by atoms with E-state index in [1.54, 1.807) is 36.9 Å². The molecule has 1 aromatic carbocycles. The van der Waals surface area contributed by atoms with Gasteiger partial charge < -0.3 is 19.4 Å². The second-order valence-corrected chi connectivity index (χ2v) is 7.35. The van der Waals surface area contributed by atoms with Crippen LogP contribution in [0.15, 0.2) is 47.4 Å². The molecule has 3 rings (SSSR count). The monoisotopic (exact) mass is 409 g/mol. The van der Waals surface area contributed by atoms with Crippen molar-refractivity contribution in [2.24, 2.45) is 0 Å². The van der Waals surface area contributed by atoms with Crippen molar-refractivity contribution in [1.29, 1.82) is 0 Å². The van der Waals surface area contributed by atoms with Gasteiger partial charge in [0.15, 0.2) is 0 Å². The molecule has 0 aliphatic carbocycles. The van der Waals surface area contributed by atoms with Crippen LogP contribution in [0.4, 0.5) is 0 Å². The topological polar surface area (TPSA) is 82.5 Å². The Morgan fingerprint density at radius 3 is 2.60 bits per heavy atom. The molecular formula is C23H27N3O4. The van der Waals surface area contributed by atoms with E-state index >= 15 is 0 Å². The number of aryl methyl sites for hydroxylation is 1. The highest BCUT2D eigenvalue weighted by atomic mass is 16.5. The van der Waals surface area contributed by atoms with Gasteiger partial charge >= 0.3 is 0 Å². The molecule has 0 aliphatic heterocycles. The summed E-state index contributed by atoms with van der Waals surface area (Å²) in [6, 6.07) is 11.0. The Labute approximate surface area is 175 Å². The maximum absolute atomic E-state index is 12.8. The van der Waals surface area contributed by atoms with Crippen molar-refractivity contribution in [2.45, 2.75) is 40.0 Å². The number of nitrogens with one attached hydrogen (secondary N) is 1. The molecule has 7 nitrogen and oxygen atoms in total. The summed E-state index contributed by atoms with van der Waals surface area (Å²) >= 11 is 0. The molecule has 2 aromatic heterocycles. The van der Waals surface area contributed by atoms with E-state index < -0.39 is 0 Å². The standard InChI is InChI=1S/C23H27N3O4/c1-15(2)30-18-7-5-17(6-8-18)14-24-22(27)19-13-20-21(25-16(19)3)9-10-26(23(20)28)11-12-29-4/h5-10,13,15H,11-12,14H2,1-4H3,(H,24,27). The largest absolute Gasteiger partial charge is 0.491 e. The van der Waals surface area contributed by atoms with Gasteiger partial charge in [-0.25, -0.2) is 0 Å². The molecule has 30 heavy (non-hydrogen) atoms. The number of pyridine rings is 2. The van der Waals surface area contributed by atoms with E-state index in [0.29, 0.717) is 41.9 Å². The third kappa shape index (κ3) is 5.04. The van der Waals surface area contributed by atoms with Gasteiger partial charge in [0.25, 0.3) is 11.5 Å². The zero-order valence-corrected chi connectivity index (χ0v) is 17.8. The quantitative estimate of drug-likeness (QED) is 0.618. The highest BCUT2D eigenvalue weighted by Gasteiger charge is 2.14. The number of methoxy groups -OCH3 is 1. The molecule has 7 heteroatoms. The molecule has 0 unspecified atom stereocenters. The number of ether oxygens (including phenoxy) is 2. The van der Waals surface area contributed by atoms with Crippen molar-refractivity contribution in [3.63, 3.8) is 0 Å². The number of rotatable bonds is 8. The number of fused-ring (bicyclic) bond motifs is 1. The van der Waals surface area contributed by atoms with Gasteiger partial charge in [0.2, 0.25) is 0 Å². The lowest BCUT2D eigenvalue weighted by atomic mass is 10.1. The Hall–Kier alpha value is -3.19. The number of benzene rings is 1. The van der Waals surface area contributed by atoms with Crippen LogP contribution in [0.1, 0.15) is 35.5 Å². The first-order valence-corrected chi connectivity index (χ1v) is 9.92. The van der Waals surface area contributed by atoms with Gasteiger partial charge in [-0.3, -0.25) is 14.6 Å². The number of carbonyl (C=O) groups is 1. The molecule has 0 saturated carbocycles. The Morgan fingerprint density at radius 1 is 1.20 bits per heavy atom. The van der Waals surface area contributed by atoms with Crippen LogP contribution in [0.5, 0.6) is 5.75 Å². The first-order chi connectivity index (χ1) is 14.4. The molecule has 0 radical (unpaired) electrons. The summed E-state index contributed by atoms with van der Waals surface area (Å²) in [5.41, 5.74) is 2.31. The fourth-order valence-corrected chi connectivity index (χ4v) is 3.14. The summed E-state index contributed by atoms with van der Waals surface area (Å²) in [6.45, 7) is 6.95. The second kappa shape index (κ2) is 9.54. The van der Waals surface area contributed by atoms with Crippen LogP contribution in [0.2, 0.25) is 0 Å². The smallest absolute Gasteiger partial charge is 0.260 e. The van der Waals surface area contributed by atoms with E-state index in [1.807, 2.05) is 38.1 Å². The normalized spacial score (nSPS) is 11.1. The Balaban J connectivity index is 1.77. The Morgan fingerprint density at radius 2 is 1.93 bits per heavy atom. The average molecular weight is 409 g/mol. The zero-order chi connectivity index (χ0) is 21.7. The van der Waals surface area contributed by atoms with E-state index in [9.17, 15) is 9.59 Å². The predicted molar refractivity (Wildman–Crippen MR) is 116 cm³/mol. The lowest BCUT2D eigenvalue weighted by Crippen LogP contribution is -2.26. The van der Waals surface area contributed by atoms with Crippen LogP contribution in [0.3, 0.4) is 0 Å². The molecule has 0 aliphatic rings. The van der Waals surface area contributed by atoms with Crippen LogP contribution >= 0.6 is 0 Å². The molecule has 1 amide bonds. The van der Waals surface area contributed by atoms with Gasteiger partial charge in [-0.05, 0) is 50.6 Å². The molecule has 0 atom stereocenters. The number of hydrogen-bond acceptors (Lipinski definition) is 5. The molecule has 2 heterocycles. The Kier molecular flexibility index (Phi) is 6.84. The third-order valence-corrected chi connectivity index (χ3v) is 4.68.